The van der Waals surface area contributed by atoms with Crippen molar-refractivity contribution in [2.24, 2.45) is 17.8 Å². The highest BCUT2D eigenvalue weighted by atomic mass is 14.4. The number of fused-ring (bicyclic) bond motifs is 2. The summed E-state index contributed by atoms with van der Waals surface area (Å²) in [5.41, 5.74) is 1.66. The summed E-state index contributed by atoms with van der Waals surface area (Å²) in [6.07, 6.45) is 14.2. The summed E-state index contributed by atoms with van der Waals surface area (Å²) in [4.78, 5) is 0. The molecular formula is C14H22. The molecule has 78 valence electrons. The Hall–Kier alpha value is -0.520. The normalized spacial score (nSPS) is 35.6. The third-order valence-electron chi connectivity index (χ3n) is 3.84. The molecular weight excluding hydrogens is 168 g/mol. The SMILES string of the molecule is CCCCC=CC1CC2C=C(C)C1C2. The molecule has 2 aliphatic carbocycles. The first kappa shape index (κ1) is 10.0. The van der Waals surface area contributed by atoms with E-state index in [0.717, 1.165) is 17.8 Å². The lowest BCUT2D eigenvalue weighted by atomic mass is 9.88. The van der Waals surface area contributed by atoms with Gasteiger partial charge in [-0.15, -0.1) is 0 Å². The molecule has 2 bridgehead atoms. The molecule has 2 rings (SSSR count). The summed E-state index contributed by atoms with van der Waals surface area (Å²) in [5, 5.41) is 0. The first-order chi connectivity index (χ1) is 6.81. The van der Waals surface area contributed by atoms with Gasteiger partial charge in [0, 0.05) is 0 Å². The zero-order chi connectivity index (χ0) is 9.97. The van der Waals surface area contributed by atoms with Crippen LogP contribution in [0.2, 0.25) is 0 Å². The molecule has 0 heterocycles. The molecule has 3 atom stereocenters. The van der Waals surface area contributed by atoms with Crippen LogP contribution in [-0.2, 0) is 0 Å². The van der Waals surface area contributed by atoms with E-state index in [1.165, 1.54) is 32.1 Å². The molecule has 0 aliphatic heterocycles. The standard InChI is InChI=1S/C14H22/c1-3-4-5-6-7-13-9-12-8-11(2)14(13)10-12/h6-8,12-14H,3-5,9-10H2,1-2H3. The van der Waals surface area contributed by atoms with E-state index in [0.29, 0.717) is 0 Å². The van der Waals surface area contributed by atoms with Gasteiger partial charge >= 0.3 is 0 Å². The lowest BCUT2D eigenvalue weighted by Crippen LogP contribution is -2.07. The minimum Gasteiger partial charge on any atom is -0.0882 e. The number of hydrogen-bond acceptors (Lipinski definition) is 0. The van der Waals surface area contributed by atoms with Gasteiger partial charge in [0.25, 0.3) is 0 Å². The van der Waals surface area contributed by atoms with Crippen molar-refractivity contribution < 1.29 is 0 Å². The smallest absolute Gasteiger partial charge is 0.0137 e. The van der Waals surface area contributed by atoms with E-state index in [2.05, 4.69) is 32.1 Å². The molecule has 1 saturated carbocycles. The molecule has 0 nitrogen and oxygen atoms in total. The predicted octanol–water partition coefficient (Wildman–Crippen LogP) is 4.34. The molecule has 0 radical (unpaired) electrons. The van der Waals surface area contributed by atoms with Crippen LogP contribution in [0.3, 0.4) is 0 Å². The van der Waals surface area contributed by atoms with Crippen LogP contribution in [0.4, 0.5) is 0 Å². The second kappa shape index (κ2) is 4.33. The predicted molar refractivity (Wildman–Crippen MR) is 62.1 cm³/mol. The molecule has 0 saturated heterocycles. The first-order valence-corrected chi connectivity index (χ1v) is 6.16. The van der Waals surface area contributed by atoms with Crippen LogP contribution in [0.25, 0.3) is 0 Å². The van der Waals surface area contributed by atoms with E-state index in [9.17, 15) is 0 Å². The maximum atomic E-state index is 2.50. The average molecular weight is 190 g/mol. The Labute approximate surface area is 88.1 Å². The van der Waals surface area contributed by atoms with Crippen LogP contribution >= 0.6 is 0 Å². The number of allylic oxidation sites excluding steroid dienone is 4. The Morgan fingerprint density at radius 2 is 2.29 bits per heavy atom. The molecule has 0 heteroatoms. The topological polar surface area (TPSA) is 0 Å². The zero-order valence-electron chi connectivity index (χ0n) is 9.50. The van der Waals surface area contributed by atoms with Crippen LogP contribution in [0.5, 0.6) is 0 Å². The van der Waals surface area contributed by atoms with Gasteiger partial charge in [-0.3, -0.25) is 0 Å². The van der Waals surface area contributed by atoms with Gasteiger partial charge < -0.3 is 0 Å². The molecule has 3 unspecified atom stereocenters. The van der Waals surface area contributed by atoms with E-state index >= 15 is 0 Å². The Kier molecular flexibility index (Phi) is 3.10. The Bertz CT molecular complexity index is 247. The van der Waals surface area contributed by atoms with Gasteiger partial charge in [0.1, 0.15) is 0 Å². The lowest BCUT2D eigenvalue weighted by Gasteiger charge is -2.17. The van der Waals surface area contributed by atoms with Gasteiger partial charge in [-0.2, -0.15) is 0 Å². The van der Waals surface area contributed by atoms with Crippen molar-refractivity contribution in [3.63, 3.8) is 0 Å². The summed E-state index contributed by atoms with van der Waals surface area (Å²) in [7, 11) is 0. The fourth-order valence-corrected chi connectivity index (χ4v) is 3.07. The molecule has 14 heavy (non-hydrogen) atoms. The fourth-order valence-electron chi connectivity index (χ4n) is 3.07. The van der Waals surface area contributed by atoms with E-state index < -0.39 is 0 Å². The van der Waals surface area contributed by atoms with E-state index in [4.69, 9.17) is 0 Å². The maximum Gasteiger partial charge on any atom is -0.0137 e. The molecule has 0 amide bonds. The van der Waals surface area contributed by atoms with Crippen molar-refractivity contribution in [1.29, 1.82) is 0 Å². The van der Waals surface area contributed by atoms with Crippen molar-refractivity contribution in [2.45, 2.75) is 46.0 Å². The van der Waals surface area contributed by atoms with Crippen LogP contribution in [0.15, 0.2) is 23.8 Å². The third-order valence-corrected chi connectivity index (χ3v) is 3.84. The molecule has 0 spiro atoms. The quantitative estimate of drug-likeness (QED) is 0.457. The summed E-state index contributed by atoms with van der Waals surface area (Å²) < 4.78 is 0. The van der Waals surface area contributed by atoms with Crippen LogP contribution in [0, 0.1) is 17.8 Å². The van der Waals surface area contributed by atoms with E-state index in [1.807, 2.05) is 0 Å². The molecule has 0 N–H and O–H groups in total. The Balaban J connectivity index is 1.83. The third kappa shape index (κ3) is 1.94. The van der Waals surface area contributed by atoms with Gasteiger partial charge in [0.2, 0.25) is 0 Å². The van der Waals surface area contributed by atoms with Crippen LogP contribution in [0.1, 0.15) is 46.0 Å². The summed E-state index contributed by atoms with van der Waals surface area (Å²) in [5.74, 6) is 2.69. The second-order valence-electron chi connectivity index (χ2n) is 4.98. The van der Waals surface area contributed by atoms with Crippen LogP contribution < -0.4 is 0 Å². The van der Waals surface area contributed by atoms with E-state index in [1.54, 1.807) is 5.57 Å². The highest BCUT2D eigenvalue weighted by Crippen LogP contribution is 2.48. The minimum atomic E-state index is 0.877. The minimum absolute atomic E-state index is 0.877. The molecule has 1 fully saturated rings. The molecule has 0 aromatic carbocycles. The monoisotopic (exact) mass is 190 g/mol. The Morgan fingerprint density at radius 1 is 1.43 bits per heavy atom. The number of unbranched alkanes of at least 4 members (excludes halogenated alkanes) is 2. The summed E-state index contributed by atoms with van der Waals surface area (Å²) in [6, 6.07) is 0. The zero-order valence-corrected chi connectivity index (χ0v) is 9.50. The highest BCUT2D eigenvalue weighted by molar-refractivity contribution is 5.22. The molecule has 0 aromatic rings. The van der Waals surface area contributed by atoms with Crippen molar-refractivity contribution in [3.05, 3.63) is 23.8 Å². The first-order valence-electron chi connectivity index (χ1n) is 6.16. The molecule has 2 aliphatic rings. The highest BCUT2D eigenvalue weighted by Gasteiger charge is 2.37. The molecule has 0 aromatic heterocycles. The number of hydrogen-bond donors (Lipinski definition) is 0. The van der Waals surface area contributed by atoms with Gasteiger partial charge in [0.05, 0.1) is 0 Å². The lowest BCUT2D eigenvalue weighted by molar-refractivity contribution is 0.522. The Morgan fingerprint density at radius 3 is 2.93 bits per heavy atom. The van der Waals surface area contributed by atoms with Gasteiger partial charge in [-0.25, -0.2) is 0 Å². The van der Waals surface area contributed by atoms with Crippen molar-refractivity contribution in [1.82, 2.24) is 0 Å². The van der Waals surface area contributed by atoms with E-state index in [-0.39, 0.29) is 0 Å². The van der Waals surface area contributed by atoms with Crippen molar-refractivity contribution in [2.75, 3.05) is 0 Å². The van der Waals surface area contributed by atoms with Crippen molar-refractivity contribution >= 4 is 0 Å². The summed E-state index contributed by atoms with van der Waals surface area (Å²) >= 11 is 0. The van der Waals surface area contributed by atoms with Crippen molar-refractivity contribution in [3.8, 4) is 0 Å². The fraction of sp³-hybridized carbons (Fsp3) is 0.714. The van der Waals surface area contributed by atoms with Crippen LogP contribution in [-0.4, -0.2) is 0 Å². The van der Waals surface area contributed by atoms with Gasteiger partial charge in [-0.05, 0) is 43.9 Å². The average Bonchev–Trinajstić information content (AvgIpc) is 2.70. The number of rotatable bonds is 4. The van der Waals surface area contributed by atoms with Gasteiger partial charge in [0.15, 0.2) is 0 Å². The second-order valence-corrected chi connectivity index (χ2v) is 4.98. The maximum absolute atomic E-state index is 2.50. The summed E-state index contributed by atoms with van der Waals surface area (Å²) in [6.45, 7) is 4.58. The largest absolute Gasteiger partial charge is 0.0882 e. The van der Waals surface area contributed by atoms with Gasteiger partial charge in [-0.1, -0.05) is 43.6 Å².